The summed E-state index contributed by atoms with van der Waals surface area (Å²) in [6.07, 6.45) is 0. The van der Waals surface area contributed by atoms with E-state index in [1.165, 1.54) is 12.1 Å². The lowest BCUT2D eigenvalue weighted by atomic mass is 9.76. The van der Waals surface area contributed by atoms with E-state index in [0.717, 1.165) is 40.6 Å². The van der Waals surface area contributed by atoms with Crippen molar-refractivity contribution in [2.75, 3.05) is 28.4 Å². The van der Waals surface area contributed by atoms with E-state index in [2.05, 4.69) is 18.9 Å². The highest BCUT2D eigenvalue weighted by Crippen LogP contribution is 2.31. The number of carbonyl (C=O) groups excluding carboxylic acids is 5. The van der Waals surface area contributed by atoms with Crippen molar-refractivity contribution in [1.29, 1.82) is 0 Å². The maximum atomic E-state index is 14.2. The largest absolute Gasteiger partial charge is 0.468 e. The van der Waals surface area contributed by atoms with Gasteiger partial charge in [0.2, 0.25) is 0 Å². The molecule has 0 atom stereocenters. The van der Waals surface area contributed by atoms with Gasteiger partial charge in [0.1, 0.15) is 5.82 Å². The number of benzene rings is 1. The zero-order valence-corrected chi connectivity index (χ0v) is 15.6. The molecule has 0 bridgehead atoms. The summed E-state index contributed by atoms with van der Waals surface area (Å²) in [7, 11) is 3.70. The first-order valence-corrected chi connectivity index (χ1v) is 7.85. The van der Waals surface area contributed by atoms with Crippen LogP contribution in [0.2, 0.25) is 0 Å². The molecule has 0 N–H and O–H groups in total. The minimum Gasteiger partial charge on any atom is -0.468 e. The Morgan fingerprint density at radius 2 is 1.07 bits per heavy atom. The smallest absolute Gasteiger partial charge is 0.320 e. The number of rotatable bonds is 8. The SMILES string of the molecule is COC(=O)C(C(=O)OC)C(C(=O)c1ccccc1F)C(C(=O)OC)C(=O)OC. The van der Waals surface area contributed by atoms with Crippen molar-refractivity contribution in [3.8, 4) is 0 Å². The highest BCUT2D eigenvalue weighted by atomic mass is 19.1. The molecule has 0 aromatic heterocycles. The van der Waals surface area contributed by atoms with Gasteiger partial charge in [-0.1, -0.05) is 12.1 Å². The molecule has 1 rings (SSSR count). The normalized spacial score (nSPS) is 10.6. The Morgan fingerprint density at radius 1 is 0.714 bits per heavy atom. The van der Waals surface area contributed by atoms with Crippen molar-refractivity contribution in [1.82, 2.24) is 0 Å². The Kier molecular flexibility index (Phi) is 8.24. The van der Waals surface area contributed by atoms with Crippen molar-refractivity contribution in [3.63, 3.8) is 0 Å². The monoisotopic (exact) mass is 398 g/mol. The van der Waals surface area contributed by atoms with E-state index >= 15 is 0 Å². The van der Waals surface area contributed by atoms with E-state index in [-0.39, 0.29) is 0 Å². The van der Waals surface area contributed by atoms with Crippen molar-refractivity contribution in [2.24, 2.45) is 17.8 Å². The molecular weight excluding hydrogens is 379 g/mol. The van der Waals surface area contributed by atoms with Crippen LogP contribution in [0.4, 0.5) is 4.39 Å². The van der Waals surface area contributed by atoms with Gasteiger partial charge in [-0.3, -0.25) is 24.0 Å². The maximum absolute atomic E-state index is 14.2. The third-order valence-electron chi connectivity index (χ3n) is 3.98. The van der Waals surface area contributed by atoms with E-state index in [0.29, 0.717) is 0 Å². The number of carbonyl (C=O) groups is 5. The summed E-state index contributed by atoms with van der Waals surface area (Å²) in [5, 5.41) is 0. The van der Waals surface area contributed by atoms with E-state index in [9.17, 15) is 28.4 Å². The zero-order chi connectivity index (χ0) is 21.4. The summed E-state index contributed by atoms with van der Waals surface area (Å²) in [5.74, 6) is -13.4. The number of esters is 4. The number of halogens is 1. The molecule has 1 aromatic rings. The third-order valence-corrected chi connectivity index (χ3v) is 3.98. The summed E-state index contributed by atoms with van der Waals surface area (Å²) in [5.41, 5.74) is -0.553. The van der Waals surface area contributed by atoms with E-state index in [1.54, 1.807) is 0 Å². The molecule has 152 valence electrons. The molecule has 0 radical (unpaired) electrons. The molecule has 0 aliphatic rings. The first-order valence-electron chi connectivity index (χ1n) is 7.85. The lowest BCUT2D eigenvalue weighted by Gasteiger charge is -2.27. The molecule has 0 amide bonds. The number of Topliss-reactive ketones (excluding diaryl/α,β-unsaturated/α-hetero) is 1. The summed E-state index contributed by atoms with van der Waals surface area (Å²) in [6, 6.07) is 4.66. The summed E-state index contributed by atoms with van der Waals surface area (Å²) in [6.45, 7) is 0. The Labute approximate surface area is 159 Å². The van der Waals surface area contributed by atoms with Gasteiger partial charge < -0.3 is 18.9 Å². The van der Waals surface area contributed by atoms with Gasteiger partial charge >= 0.3 is 23.9 Å². The molecule has 1 aromatic carbocycles. The fraction of sp³-hybridized carbons (Fsp3) is 0.389. The maximum Gasteiger partial charge on any atom is 0.320 e. The lowest BCUT2D eigenvalue weighted by molar-refractivity contribution is -0.167. The number of methoxy groups -OCH3 is 4. The predicted octanol–water partition coefficient (Wildman–Crippen LogP) is 0.549. The summed E-state index contributed by atoms with van der Waals surface area (Å²) < 4.78 is 32.3. The average Bonchev–Trinajstić information content (AvgIpc) is 2.71. The van der Waals surface area contributed by atoms with Crippen molar-refractivity contribution >= 4 is 29.7 Å². The molecule has 0 spiro atoms. The van der Waals surface area contributed by atoms with Crippen molar-refractivity contribution in [3.05, 3.63) is 35.6 Å². The van der Waals surface area contributed by atoms with Gasteiger partial charge in [-0.15, -0.1) is 0 Å². The highest BCUT2D eigenvalue weighted by Gasteiger charge is 2.52. The van der Waals surface area contributed by atoms with Crippen LogP contribution in [0, 0.1) is 23.6 Å². The fourth-order valence-electron chi connectivity index (χ4n) is 2.62. The van der Waals surface area contributed by atoms with Crippen LogP contribution in [-0.4, -0.2) is 58.1 Å². The Morgan fingerprint density at radius 3 is 1.39 bits per heavy atom. The molecule has 0 heterocycles. The number of hydrogen-bond donors (Lipinski definition) is 0. The van der Waals surface area contributed by atoms with E-state index in [4.69, 9.17) is 0 Å². The Balaban J connectivity index is 3.72. The average molecular weight is 398 g/mol. The van der Waals surface area contributed by atoms with E-state index in [1.807, 2.05) is 0 Å². The quantitative estimate of drug-likeness (QED) is 0.267. The predicted molar refractivity (Wildman–Crippen MR) is 89.3 cm³/mol. The zero-order valence-electron chi connectivity index (χ0n) is 15.6. The van der Waals surface area contributed by atoms with Crippen LogP contribution in [-0.2, 0) is 38.1 Å². The fourth-order valence-corrected chi connectivity index (χ4v) is 2.62. The first kappa shape index (κ1) is 22.7. The molecule has 0 fully saturated rings. The molecular formula is C18H19FO9. The van der Waals surface area contributed by atoms with Crippen LogP contribution in [0.25, 0.3) is 0 Å². The third kappa shape index (κ3) is 4.70. The molecule has 0 unspecified atom stereocenters. The van der Waals surface area contributed by atoms with Crippen molar-refractivity contribution in [2.45, 2.75) is 0 Å². The van der Waals surface area contributed by atoms with Crippen LogP contribution in [0.5, 0.6) is 0 Å². The van der Waals surface area contributed by atoms with Crippen LogP contribution < -0.4 is 0 Å². The molecule has 0 saturated carbocycles. The molecule has 9 nitrogen and oxygen atoms in total. The molecule has 0 aliphatic carbocycles. The second kappa shape index (κ2) is 10.1. The highest BCUT2D eigenvalue weighted by molar-refractivity contribution is 6.11. The number of ether oxygens (including phenoxy) is 4. The Bertz CT molecular complexity index is 706. The molecule has 0 aliphatic heterocycles. The van der Waals surface area contributed by atoms with Crippen LogP contribution in [0.3, 0.4) is 0 Å². The molecule has 10 heteroatoms. The van der Waals surface area contributed by atoms with Gasteiger partial charge in [-0.2, -0.15) is 0 Å². The molecule has 28 heavy (non-hydrogen) atoms. The van der Waals surface area contributed by atoms with Gasteiger partial charge in [0.15, 0.2) is 17.6 Å². The minimum absolute atomic E-state index is 0.553. The van der Waals surface area contributed by atoms with Gasteiger partial charge in [0.05, 0.1) is 39.9 Å². The van der Waals surface area contributed by atoms with Gasteiger partial charge in [0, 0.05) is 0 Å². The Hall–Kier alpha value is -3.30. The second-order valence-electron chi connectivity index (χ2n) is 5.42. The summed E-state index contributed by atoms with van der Waals surface area (Å²) >= 11 is 0. The van der Waals surface area contributed by atoms with Gasteiger partial charge in [0.25, 0.3) is 0 Å². The topological polar surface area (TPSA) is 122 Å². The van der Waals surface area contributed by atoms with Crippen LogP contribution in [0.15, 0.2) is 24.3 Å². The lowest BCUT2D eigenvalue weighted by Crippen LogP contribution is -2.47. The molecule has 0 saturated heterocycles. The van der Waals surface area contributed by atoms with Crippen LogP contribution in [0.1, 0.15) is 10.4 Å². The van der Waals surface area contributed by atoms with Gasteiger partial charge in [-0.25, -0.2) is 4.39 Å². The number of ketones is 1. The number of hydrogen-bond acceptors (Lipinski definition) is 9. The van der Waals surface area contributed by atoms with Crippen molar-refractivity contribution < 1.29 is 47.3 Å². The second-order valence-corrected chi connectivity index (χ2v) is 5.42. The first-order chi connectivity index (χ1) is 13.2. The summed E-state index contributed by atoms with van der Waals surface area (Å²) in [4.78, 5) is 62.0. The minimum atomic E-state index is -2.05. The standard InChI is InChI=1S/C18H19FO9/c1-25-15(21)12(16(22)26-2)11(13(17(23)27-3)18(24)28-4)14(20)9-7-5-6-8-10(9)19/h5-8,11-13H,1-4H3. The van der Waals surface area contributed by atoms with E-state index < -0.39 is 58.8 Å². The van der Waals surface area contributed by atoms with Crippen LogP contribution >= 0.6 is 0 Å². The van der Waals surface area contributed by atoms with Gasteiger partial charge in [-0.05, 0) is 12.1 Å².